The summed E-state index contributed by atoms with van der Waals surface area (Å²) in [5, 5.41) is 19.4. The number of rotatable bonds is 7. The molecule has 0 bridgehead atoms. The average molecular weight is 368 g/mol. The second-order valence-electron chi connectivity index (χ2n) is 7.06. The first-order valence-corrected chi connectivity index (χ1v) is 9.65. The predicted octanol–water partition coefficient (Wildman–Crippen LogP) is 2.53. The van der Waals surface area contributed by atoms with Crippen molar-refractivity contribution in [1.82, 2.24) is 9.80 Å². The van der Waals surface area contributed by atoms with Gasteiger partial charge in [0, 0.05) is 32.3 Å². The molecule has 144 valence electrons. The molecule has 1 saturated heterocycles. The molecule has 0 aromatic heterocycles. The number of carbonyl (C=O) groups excluding carboxylic acids is 1. The minimum atomic E-state index is -0.139. The second kappa shape index (κ2) is 9.53. The SMILES string of the molecule is O=C(c1ccccc1O)N1CCN(CCCc2ccccc2)[C@H](CCO)C1. The van der Waals surface area contributed by atoms with Crippen LogP contribution >= 0.6 is 0 Å². The fraction of sp³-hybridized carbons (Fsp3) is 0.409. The Morgan fingerprint density at radius 2 is 1.78 bits per heavy atom. The van der Waals surface area contributed by atoms with E-state index in [0.29, 0.717) is 25.1 Å². The molecular weight excluding hydrogens is 340 g/mol. The number of para-hydroxylation sites is 1. The molecule has 0 unspecified atom stereocenters. The number of phenolic OH excluding ortho intramolecular Hbond substituents is 1. The second-order valence-corrected chi connectivity index (χ2v) is 7.06. The molecule has 0 spiro atoms. The van der Waals surface area contributed by atoms with Crippen LogP contribution in [0.2, 0.25) is 0 Å². The van der Waals surface area contributed by atoms with Crippen molar-refractivity contribution in [2.75, 3.05) is 32.8 Å². The van der Waals surface area contributed by atoms with Crippen LogP contribution in [-0.4, -0.2) is 64.7 Å². The maximum atomic E-state index is 12.8. The van der Waals surface area contributed by atoms with Gasteiger partial charge in [0.15, 0.2) is 0 Å². The number of phenols is 1. The van der Waals surface area contributed by atoms with Gasteiger partial charge in [-0.3, -0.25) is 9.69 Å². The van der Waals surface area contributed by atoms with E-state index in [9.17, 15) is 15.0 Å². The Balaban J connectivity index is 1.58. The van der Waals surface area contributed by atoms with Crippen LogP contribution in [0.4, 0.5) is 0 Å². The van der Waals surface area contributed by atoms with Gasteiger partial charge < -0.3 is 15.1 Å². The molecule has 1 aliphatic heterocycles. The highest BCUT2D eigenvalue weighted by Crippen LogP contribution is 2.21. The lowest BCUT2D eigenvalue weighted by atomic mass is 10.0. The quantitative estimate of drug-likeness (QED) is 0.788. The Morgan fingerprint density at radius 3 is 2.52 bits per heavy atom. The Morgan fingerprint density at radius 1 is 1.04 bits per heavy atom. The van der Waals surface area contributed by atoms with E-state index < -0.39 is 0 Å². The first-order chi connectivity index (χ1) is 13.2. The molecule has 27 heavy (non-hydrogen) atoms. The number of nitrogens with zero attached hydrogens (tertiary/aromatic N) is 2. The fourth-order valence-electron chi connectivity index (χ4n) is 3.75. The molecule has 1 aliphatic rings. The Kier molecular flexibility index (Phi) is 6.85. The number of hydrogen-bond donors (Lipinski definition) is 2. The third-order valence-corrected chi connectivity index (χ3v) is 5.24. The molecule has 0 saturated carbocycles. The van der Waals surface area contributed by atoms with Crippen molar-refractivity contribution < 1.29 is 15.0 Å². The number of amides is 1. The first-order valence-electron chi connectivity index (χ1n) is 9.65. The van der Waals surface area contributed by atoms with Crippen molar-refractivity contribution in [3.05, 3.63) is 65.7 Å². The third kappa shape index (κ3) is 5.08. The van der Waals surface area contributed by atoms with Crippen LogP contribution in [0.1, 0.15) is 28.8 Å². The molecule has 5 heteroatoms. The Hall–Kier alpha value is -2.37. The third-order valence-electron chi connectivity index (χ3n) is 5.24. The first kappa shape index (κ1) is 19.4. The molecule has 1 fully saturated rings. The van der Waals surface area contributed by atoms with Gasteiger partial charge in [-0.05, 0) is 43.5 Å². The van der Waals surface area contributed by atoms with Crippen LogP contribution in [0.25, 0.3) is 0 Å². The van der Waals surface area contributed by atoms with Gasteiger partial charge in [-0.15, -0.1) is 0 Å². The average Bonchev–Trinajstić information content (AvgIpc) is 2.70. The molecule has 1 heterocycles. The molecule has 2 aromatic rings. The number of aliphatic hydroxyl groups is 1. The van der Waals surface area contributed by atoms with E-state index in [1.165, 1.54) is 11.6 Å². The smallest absolute Gasteiger partial charge is 0.257 e. The van der Waals surface area contributed by atoms with Gasteiger partial charge in [0.1, 0.15) is 5.75 Å². The monoisotopic (exact) mass is 368 g/mol. The lowest BCUT2D eigenvalue weighted by Gasteiger charge is -2.41. The molecule has 1 amide bonds. The fourth-order valence-corrected chi connectivity index (χ4v) is 3.75. The van der Waals surface area contributed by atoms with Gasteiger partial charge in [0.2, 0.25) is 0 Å². The maximum absolute atomic E-state index is 12.8. The van der Waals surface area contributed by atoms with E-state index >= 15 is 0 Å². The number of carbonyl (C=O) groups is 1. The normalized spacial score (nSPS) is 17.8. The number of piperazine rings is 1. The molecule has 2 aromatic carbocycles. The Labute approximate surface area is 160 Å². The summed E-state index contributed by atoms with van der Waals surface area (Å²) in [6.45, 7) is 3.08. The van der Waals surface area contributed by atoms with E-state index in [4.69, 9.17) is 0 Å². The predicted molar refractivity (Wildman–Crippen MR) is 106 cm³/mol. The highest BCUT2D eigenvalue weighted by atomic mass is 16.3. The largest absolute Gasteiger partial charge is 0.507 e. The topological polar surface area (TPSA) is 64.0 Å². The minimum absolute atomic E-state index is 0.0199. The van der Waals surface area contributed by atoms with E-state index in [1.54, 1.807) is 23.1 Å². The van der Waals surface area contributed by atoms with Crippen molar-refractivity contribution in [2.45, 2.75) is 25.3 Å². The lowest BCUT2D eigenvalue weighted by Crippen LogP contribution is -2.55. The van der Waals surface area contributed by atoms with Crippen molar-refractivity contribution in [1.29, 1.82) is 0 Å². The zero-order valence-electron chi connectivity index (χ0n) is 15.6. The van der Waals surface area contributed by atoms with Crippen LogP contribution in [0.5, 0.6) is 5.75 Å². The van der Waals surface area contributed by atoms with Gasteiger partial charge in [-0.25, -0.2) is 0 Å². The summed E-state index contributed by atoms with van der Waals surface area (Å²) in [5.41, 5.74) is 1.68. The van der Waals surface area contributed by atoms with Gasteiger partial charge in [0.05, 0.1) is 5.56 Å². The molecule has 2 N–H and O–H groups in total. The summed E-state index contributed by atoms with van der Waals surface area (Å²) >= 11 is 0. The van der Waals surface area contributed by atoms with E-state index in [2.05, 4.69) is 29.2 Å². The number of aliphatic hydroxyl groups excluding tert-OH is 1. The summed E-state index contributed by atoms with van der Waals surface area (Å²) in [6.07, 6.45) is 2.74. The number of aryl methyl sites for hydroxylation is 1. The summed E-state index contributed by atoms with van der Waals surface area (Å²) in [6, 6.07) is 17.3. The number of hydrogen-bond acceptors (Lipinski definition) is 4. The summed E-state index contributed by atoms with van der Waals surface area (Å²) in [7, 11) is 0. The van der Waals surface area contributed by atoms with Crippen LogP contribution in [0.15, 0.2) is 54.6 Å². The maximum Gasteiger partial charge on any atom is 0.257 e. The standard InChI is InChI=1S/C22H28N2O3/c25-16-12-19-17-24(22(27)20-10-4-5-11-21(20)26)15-14-23(19)13-6-9-18-7-2-1-3-8-18/h1-5,7-8,10-11,19,25-26H,6,9,12-17H2/t19-/m1/s1. The van der Waals surface area contributed by atoms with Crippen LogP contribution in [0.3, 0.4) is 0 Å². The zero-order chi connectivity index (χ0) is 19.1. The van der Waals surface area contributed by atoms with E-state index in [0.717, 1.165) is 25.9 Å². The van der Waals surface area contributed by atoms with Gasteiger partial charge >= 0.3 is 0 Å². The summed E-state index contributed by atoms with van der Waals surface area (Å²) in [5.74, 6) is -0.119. The summed E-state index contributed by atoms with van der Waals surface area (Å²) in [4.78, 5) is 16.9. The highest BCUT2D eigenvalue weighted by molar-refractivity contribution is 5.96. The molecular formula is C22H28N2O3. The molecule has 0 radical (unpaired) electrons. The summed E-state index contributed by atoms with van der Waals surface area (Å²) < 4.78 is 0. The van der Waals surface area contributed by atoms with E-state index in [1.807, 2.05) is 6.07 Å². The van der Waals surface area contributed by atoms with E-state index in [-0.39, 0.29) is 24.3 Å². The highest BCUT2D eigenvalue weighted by Gasteiger charge is 2.30. The van der Waals surface area contributed by atoms with Crippen molar-refractivity contribution in [3.8, 4) is 5.75 Å². The zero-order valence-corrected chi connectivity index (χ0v) is 15.6. The van der Waals surface area contributed by atoms with Crippen LogP contribution in [-0.2, 0) is 6.42 Å². The minimum Gasteiger partial charge on any atom is -0.507 e. The Bertz CT molecular complexity index is 735. The van der Waals surface area contributed by atoms with Crippen molar-refractivity contribution in [2.24, 2.45) is 0 Å². The molecule has 3 rings (SSSR count). The molecule has 5 nitrogen and oxygen atoms in total. The van der Waals surface area contributed by atoms with Crippen molar-refractivity contribution in [3.63, 3.8) is 0 Å². The van der Waals surface area contributed by atoms with Crippen LogP contribution < -0.4 is 0 Å². The van der Waals surface area contributed by atoms with Gasteiger partial charge in [0.25, 0.3) is 5.91 Å². The number of benzene rings is 2. The molecule has 0 aliphatic carbocycles. The lowest BCUT2D eigenvalue weighted by molar-refractivity contribution is 0.0417. The van der Waals surface area contributed by atoms with Gasteiger partial charge in [-0.2, -0.15) is 0 Å². The number of aromatic hydroxyl groups is 1. The molecule has 1 atom stereocenters. The van der Waals surface area contributed by atoms with Crippen molar-refractivity contribution >= 4 is 5.91 Å². The van der Waals surface area contributed by atoms with Gasteiger partial charge in [-0.1, -0.05) is 42.5 Å². The van der Waals surface area contributed by atoms with Crippen LogP contribution in [0, 0.1) is 0 Å².